The highest BCUT2D eigenvalue weighted by Crippen LogP contribution is 2.32. The highest BCUT2D eigenvalue weighted by molar-refractivity contribution is 7.74. The normalized spacial score (nSPS) is 12.6. The van der Waals surface area contributed by atoms with E-state index in [1.54, 1.807) is 0 Å². The first-order valence-corrected chi connectivity index (χ1v) is 4.30. The van der Waals surface area contributed by atoms with Crippen molar-refractivity contribution >= 4 is 17.0 Å². The van der Waals surface area contributed by atoms with E-state index in [1.807, 2.05) is 0 Å². The molecule has 0 heterocycles. The van der Waals surface area contributed by atoms with E-state index < -0.39 is 46.1 Å². The predicted molar refractivity (Wildman–Crippen MR) is 42.1 cm³/mol. The third-order valence-corrected chi connectivity index (χ3v) is 1.72. The second-order valence-electron chi connectivity index (χ2n) is 2.30. The first kappa shape index (κ1) is 11.7. The molecule has 3 N–H and O–H groups in total. The van der Waals surface area contributed by atoms with Crippen LogP contribution in [0.1, 0.15) is 0 Å². The molecular weight excluding hydrogens is 242 g/mol. The van der Waals surface area contributed by atoms with Crippen LogP contribution >= 0.6 is 0 Å². The minimum atomic E-state index is -3.04. The maximum Gasteiger partial charge on any atom is 0.357 e. The summed E-state index contributed by atoms with van der Waals surface area (Å²) in [6.07, 6.45) is 0. The third-order valence-electron chi connectivity index (χ3n) is 1.41. The van der Waals surface area contributed by atoms with Gasteiger partial charge in [0.25, 0.3) is 0 Å². The zero-order chi connectivity index (χ0) is 11.7. The number of hydrogen-bond donors (Lipinski definition) is 2. The van der Waals surface area contributed by atoms with Gasteiger partial charge in [0.2, 0.25) is 17.4 Å². The van der Waals surface area contributed by atoms with Gasteiger partial charge in [-0.2, -0.15) is 8.60 Å². The standard InChI is InChI=1S/C6H3F4NO3S/c7-1-2(8)4(10)6(14-15(12)13)5(11)3(1)9/h11H2,(H,12,13). The van der Waals surface area contributed by atoms with E-state index in [2.05, 4.69) is 4.18 Å². The van der Waals surface area contributed by atoms with Crippen molar-refractivity contribution in [3.63, 3.8) is 0 Å². The van der Waals surface area contributed by atoms with Gasteiger partial charge >= 0.3 is 11.4 Å². The Morgan fingerprint density at radius 3 is 2.00 bits per heavy atom. The molecule has 0 saturated carbocycles. The maximum atomic E-state index is 12.8. The Morgan fingerprint density at radius 1 is 1.07 bits per heavy atom. The summed E-state index contributed by atoms with van der Waals surface area (Å²) in [7, 11) is 0. The Kier molecular flexibility index (Phi) is 3.15. The monoisotopic (exact) mass is 245 g/mol. The number of nitrogens with two attached hydrogens (primary N) is 1. The molecule has 0 radical (unpaired) electrons. The summed E-state index contributed by atoms with van der Waals surface area (Å²) in [5.74, 6) is -9.53. The number of halogens is 4. The molecule has 0 aliphatic rings. The van der Waals surface area contributed by atoms with Crippen molar-refractivity contribution in [1.82, 2.24) is 0 Å². The summed E-state index contributed by atoms with van der Waals surface area (Å²) in [6.45, 7) is 0. The second-order valence-corrected chi connectivity index (χ2v) is 2.90. The fraction of sp³-hybridized carbons (Fsp3) is 0. The lowest BCUT2D eigenvalue weighted by Crippen LogP contribution is -2.09. The van der Waals surface area contributed by atoms with Crippen LogP contribution in [-0.4, -0.2) is 8.76 Å². The molecule has 0 spiro atoms. The smallest absolute Gasteiger partial charge is 0.357 e. The van der Waals surface area contributed by atoms with Crippen molar-refractivity contribution in [2.75, 3.05) is 5.73 Å². The molecule has 84 valence electrons. The van der Waals surface area contributed by atoms with Crippen molar-refractivity contribution in [3.05, 3.63) is 23.3 Å². The molecule has 0 aliphatic carbocycles. The molecule has 15 heavy (non-hydrogen) atoms. The molecule has 1 atom stereocenters. The third kappa shape index (κ3) is 2.02. The van der Waals surface area contributed by atoms with Gasteiger partial charge in [0, 0.05) is 0 Å². The maximum absolute atomic E-state index is 12.8. The van der Waals surface area contributed by atoms with Crippen molar-refractivity contribution in [2.24, 2.45) is 0 Å². The molecule has 1 aromatic rings. The lowest BCUT2D eigenvalue weighted by molar-refractivity contribution is 0.383. The lowest BCUT2D eigenvalue weighted by Gasteiger charge is -2.07. The van der Waals surface area contributed by atoms with Crippen LogP contribution in [0.15, 0.2) is 0 Å². The first-order valence-electron chi connectivity index (χ1n) is 3.26. The average molecular weight is 245 g/mol. The summed E-state index contributed by atoms with van der Waals surface area (Å²) in [6, 6.07) is 0. The molecule has 1 unspecified atom stereocenters. The van der Waals surface area contributed by atoms with Crippen LogP contribution in [0.2, 0.25) is 0 Å². The summed E-state index contributed by atoms with van der Waals surface area (Å²) < 4.78 is 72.7. The van der Waals surface area contributed by atoms with Gasteiger partial charge in [-0.25, -0.2) is 13.2 Å². The number of hydrogen-bond acceptors (Lipinski definition) is 3. The van der Waals surface area contributed by atoms with Gasteiger partial charge in [-0.3, -0.25) is 4.55 Å². The highest BCUT2D eigenvalue weighted by atomic mass is 32.2. The molecular formula is C6H3F4NO3S. The molecule has 0 fully saturated rings. The van der Waals surface area contributed by atoms with E-state index in [1.165, 1.54) is 0 Å². The molecule has 0 saturated heterocycles. The van der Waals surface area contributed by atoms with Crippen molar-refractivity contribution in [1.29, 1.82) is 0 Å². The van der Waals surface area contributed by atoms with E-state index >= 15 is 0 Å². The molecule has 4 nitrogen and oxygen atoms in total. The fourth-order valence-electron chi connectivity index (χ4n) is 0.781. The predicted octanol–water partition coefficient (Wildman–Crippen LogP) is 1.34. The minimum absolute atomic E-state index is 1.23. The molecule has 0 aromatic heterocycles. The molecule has 0 amide bonds. The van der Waals surface area contributed by atoms with Crippen LogP contribution in [0.4, 0.5) is 23.2 Å². The highest BCUT2D eigenvalue weighted by Gasteiger charge is 2.26. The van der Waals surface area contributed by atoms with E-state index in [9.17, 15) is 21.8 Å². The minimum Gasteiger partial charge on any atom is -0.393 e. The van der Waals surface area contributed by atoms with Gasteiger partial charge in [0.1, 0.15) is 5.69 Å². The Morgan fingerprint density at radius 2 is 1.53 bits per heavy atom. The lowest BCUT2D eigenvalue weighted by atomic mass is 10.2. The molecule has 0 aliphatic heterocycles. The second kappa shape index (κ2) is 4.03. The summed E-state index contributed by atoms with van der Waals surface area (Å²) >= 11 is -3.04. The van der Waals surface area contributed by atoms with Crippen LogP contribution in [0.3, 0.4) is 0 Å². The van der Waals surface area contributed by atoms with Gasteiger partial charge in [-0.15, -0.1) is 0 Å². The van der Waals surface area contributed by atoms with Gasteiger partial charge in [-0.1, -0.05) is 0 Å². The average Bonchev–Trinajstić information content (AvgIpc) is 2.18. The number of anilines is 1. The Balaban J connectivity index is 3.45. The molecule has 1 rings (SSSR count). The van der Waals surface area contributed by atoms with Crippen LogP contribution in [-0.2, 0) is 11.4 Å². The van der Waals surface area contributed by atoms with Gasteiger partial charge in [0.15, 0.2) is 11.6 Å². The van der Waals surface area contributed by atoms with Gasteiger partial charge in [0.05, 0.1) is 0 Å². The van der Waals surface area contributed by atoms with E-state index in [0.29, 0.717) is 0 Å². The van der Waals surface area contributed by atoms with Gasteiger partial charge < -0.3 is 9.92 Å². The van der Waals surface area contributed by atoms with Crippen LogP contribution in [0, 0.1) is 23.3 Å². The zero-order valence-electron chi connectivity index (χ0n) is 6.76. The van der Waals surface area contributed by atoms with Crippen molar-refractivity contribution in [3.8, 4) is 5.75 Å². The van der Waals surface area contributed by atoms with E-state index in [4.69, 9.17) is 10.3 Å². The quantitative estimate of drug-likeness (QED) is 0.271. The summed E-state index contributed by atoms with van der Waals surface area (Å²) in [5, 5.41) is 0. The summed E-state index contributed by atoms with van der Waals surface area (Å²) in [4.78, 5) is 0. The number of nitrogen functional groups attached to an aromatic ring is 1. The zero-order valence-corrected chi connectivity index (χ0v) is 7.58. The van der Waals surface area contributed by atoms with Crippen LogP contribution in [0.5, 0.6) is 5.75 Å². The van der Waals surface area contributed by atoms with Crippen LogP contribution in [0.25, 0.3) is 0 Å². The van der Waals surface area contributed by atoms with E-state index in [0.717, 1.165) is 0 Å². The largest absolute Gasteiger partial charge is 0.393 e. The van der Waals surface area contributed by atoms with Crippen molar-refractivity contribution in [2.45, 2.75) is 0 Å². The van der Waals surface area contributed by atoms with Gasteiger partial charge in [-0.05, 0) is 0 Å². The Bertz CT molecular complexity index is 410. The number of rotatable bonds is 2. The molecule has 1 aromatic carbocycles. The Labute approximate surface area is 83.1 Å². The Hall–Kier alpha value is -1.35. The van der Waals surface area contributed by atoms with Crippen molar-refractivity contribution < 1.29 is 30.5 Å². The topological polar surface area (TPSA) is 72.5 Å². The summed E-state index contributed by atoms with van der Waals surface area (Å²) in [5.41, 5.74) is 3.58. The molecule has 0 bridgehead atoms. The fourth-order valence-corrected chi connectivity index (χ4v) is 1.09. The van der Waals surface area contributed by atoms with E-state index in [-0.39, 0.29) is 0 Å². The van der Waals surface area contributed by atoms with Crippen LogP contribution < -0.4 is 9.92 Å². The number of benzene rings is 1. The SMILES string of the molecule is Nc1c(F)c(F)c(F)c(F)c1OS(=O)O. The first-order chi connectivity index (χ1) is 6.86. The molecule has 9 heteroatoms.